The zero-order chi connectivity index (χ0) is 23.4. The fourth-order valence-electron chi connectivity index (χ4n) is 3.61. The number of hydrogen-bond acceptors (Lipinski definition) is 5. The number of aromatic nitrogens is 3. The van der Waals surface area contributed by atoms with Crippen molar-refractivity contribution in [3.63, 3.8) is 0 Å². The van der Waals surface area contributed by atoms with Crippen LogP contribution in [0.5, 0.6) is 0 Å². The number of ketones is 1. The van der Waals surface area contributed by atoms with E-state index in [9.17, 15) is 19.2 Å². The van der Waals surface area contributed by atoms with Crippen molar-refractivity contribution in [1.29, 1.82) is 0 Å². The molecule has 33 heavy (non-hydrogen) atoms. The van der Waals surface area contributed by atoms with Crippen LogP contribution in [0.3, 0.4) is 0 Å². The summed E-state index contributed by atoms with van der Waals surface area (Å²) < 4.78 is 2.38. The molecule has 0 fully saturated rings. The second-order valence-corrected chi connectivity index (χ2v) is 7.61. The molecule has 0 aliphatic carbocycles. The van der Waals surface area contributed by atoms with Crippen LogP contribution in [0.1, 0.15) is 22.8 Å². The normalized spacial score (nSPS) is 10.8. The summed E-state index contributed by atoms with van der Waals surface area (Å²) in [6.07, 6.45) is 1.97. The Bertz CT molecular complexity index is 1440. The molecule has 0 unspecified atom stereocenters. The monoisotopic (exact) mass is 442 g/mol. The lowest BCUT2D eigenvalue weighted by Crippen LogP contribution is -2.42. The van der Waals surface area contributed by atoms with Gasteiger partial charge in [0, 0.05) is 24.0 Å². The van der Waals surface area contributed by atoms with Crippen molar-refractivity contribution in [2.45, 2.75) is 26.4 Å². The number of anilines is 1. The van der Waals surface area contributed by atoms with E-state index >= 15 is 0 Å². The van der Waals surface area contributed by atoms with E-state index in [2.05, 4.69) is 10.3 Å². The smallest absolute Gasteiger partial charge is 0.325 e. The maximum Gasteiger partial charge on any atom is 0.332 e. The second-order valence-electron chi connectivity index (χ2n) is 7.61. The predicted molar refractivity (Wildman–Crippen MR) is 125 cm³/mol. The summed E-state index contributed by atoms with van der Waals surface area (Å²) in [5.74, 6) is -0.512. The molecule has 2 aromatic heterocycles. The fourth-order valence-corrected chi connectivity index (χ4v) is 3.61. The van der Waals surface area contributed by atoms with Crippen LogP contribution in [0, 0.1) is 0 Å². The van der Waals surface area contributed by atoms with E-state index in [0.29, 0.717) is 23.2 Å². The van der Waals surface area contributed by atoms with E-state index in [0.717, 1.165) is 10.1 Å². The molecule has 0 radical (unpaired) electrons. The van der Waals surface area contributed by atoms with Crippen LogP contribution in [0.25, 0.3) is 11.0 Å². The van der Waals surface area contributed by atoms with Crippen molar-refractivity contribution in [3.05, 3.63) is 105 Å². The summed E-state index contributed by atoms with van der Waals surface area (Å²) in [6, 6.07) is 19.2. The third kappa shape index (κ3) is 4.79. The molecule has 0 bridgehead atoms. The van der Waals surface area contributed by atoms with E-state index in [1.54, 1.807) is 36.4 Å². The zero-order valence-electron chi connectivity index (χ0n) is 18.0. The molecule has 166 valence electrons. The Kier molecular flexibility index (Phi) is 6.26. The van der Waals surface area contributed by atoms with Crippen LogP contribution < -0.4 is 16.6 Å². The minimum atomic E-state index is -0.571. The molecule has 0 atom stereocenters. The van der Waals surface area contributed by atoms with Gasteiger partial charge in [-0.05, 0) is 55.3 Å². The minimum Gasteiger partial charge on any atom is -0.325 e. The molecule has 8 heteroatoms. The Morgan fingerprint density at radius 3 is 2.33 bits per heavy atom. The van der Waals surface area contributed by atoms with Gasteiger partial charge in [-0.25, -0.2) is 9.78 Å². The minimum absolute atomic E-state index is 0.0730. The van der Waals surface area contributed by atoms with Crippen molar-refractivity contribution < 1.29 is 9.59 Å². The average Bonchev–Trinajstić information content (AvgIpc) is 2.83. The van der Waals surface area contributed by atoms with Gasteiger partial charge < -0.3 is 5.32 Å². The summed E-state index contributed by atoms with van der Waals surface area (Å²) in [7, 11) is 0. The first-order valence-electron chi connectivity index (χ1n) is 10.5. The molecule has 4 rings (SSSR count). The highest BCUT2D eigenvalue weighted by Crippen LogP contribution is 2.11. The number of rotatable bonds is 7. The van der Waals surface area contributed by atoms with E-state index in [1.807, 2.05) is 30.3 Å². The molecule has 2 heterocycles. The predicted octanol–water partition coefficient (Wildman–Crippen LogP) is 2.64. The number of carbonyl (C=O) groups excluding carboxylic acids is 2. The van der Waals surface area contributed by atoms with E-state index < -0.39 is 17.2 Å². The van der Waals surface area contributed by atoms with Gasteiger partial charge in [-0.1, -0.05) is 30.3 Å². The Balaban J connectivity index is 1.64. The average molecular weight is 442 g/mol. The highest BCUT2D eigenvalue weighted by Gasteiger charge is 2.16. The van der Waals surface area contributed by atoms with Gasteiger partial charge in [-0.15, -0.1) is 0 Å². The first-order valence-corrected chi connectivity index (χ1v) is 10.5. The van der Waals surface area contributed by atoms with Crippen molar-refractivity contribution in [1.82, 2.24) is 14.1 Å². The topological polar surface area (TPSA) is 103 Å². The number of Topliss-reactive ketones (excluding diaryl/α,β-unsaturated/α-hetero) is 1. The molecular weight excluding hydrogens is 420 g/mol. The number of hydrogen-bond donors (Lipinski definition) is 1. The maximum absolute atomic E-state index is 13.2. The van der Waals surface area contributed by atoms with E-state index in [4.69, 9.17) is 0 Å². The third-order valence-corrected chi connectivity index (χ3v) is 5.33. The van der Waals surface area contributed by atoms with Crippen molar-refractivity contribution in [2.75, 3.05) is 5.32 Å². The fraction of sp³-hybridized carbons (Fsp3) is 0.160. The Hall–Kier alpha value is -4.33. The number of carbonyl (C=O) groups is 2. The van der Waals surface area contributed by atoms with E-state index in [-0.39, 0.29) is 24.4 Å². The number of nitrogens with zero attached hydrogens (tertiary/aromatic N) is 3. The SMILES string of the molecule is CC(=O)c1ccc(NC(=O)Cn2c(=O)n(CCc3ccccc3)c(=O)c3ncccc32)cc1. The first-order chi connectivity index (χ1) is 15.9. The molecule has 4 aromatic rings. The van der Waals surface area contributed by atoms with Gasteiger partial charge >= 0.3 is 5.69 Å². The molecule has 1 amide bonds. The van der Waals surface area contributed by atoms with Crippen LogP contribution >= 0.6 is 0 Å². The third-order valence-electron chi connectivity index (χ3n) is 5.33. The molecular formula is C25H22N4O4. The Morgan fingerprint density at radius 2 is 1.64 bits per heavy atom. The van der Waals surface area contributed by atoms with Gasteiger partial charge in [-0.3, -0.25) is 23.5 Å². The van der Waals surface area contributed by atoms with Crippen LogP contribution in [0.2, 0.25) is 0 Å². The Labute approximate surface area is 189 Å². The van der Waals surface area contributed by atoms with Crippen LogP contribution in [0.4, 0.5) is 5.69 Å². The van der Waals surface area contributed by atoms with Gasteiger partial charge in [0.15, 0.2) is 11.3 Å². The van der Waals surface area contributed by atoms with Crippen molar-refractivity contribution in [3.8, 4) is 0 Å². The largest absolute Gasteiger partial charge is 0.332 e. The molecule has 0 aliphatic rings. The van der Waals surface area contributed by atoms with Crippen LogP contribution in [0.15, 0.2) is 82.5 Å². The van der Waals surface area contributed by atoms with Crippen molar-refractivity contribution >= 4 is 28.4 Å². The first kappa shape index (κ1) is 21.9. The van der Waals surface area contributed by atoms with Crippen molar-refractivity contribution in [2.24, 2.45) is 0 Å². The summed E-state index contributed by atoms with van der Waals surface area (Å²) in [5, 5.41) is 2.72. The quantitative estimate of drug-likeness (QED) is 0.443. The lowest BCUT2D eigenvalue weighted by Gasteiger charge is -2.14. The maximum atomic E-state index is 13.2. The van der Waals surface area contributed by atoms with Gasteiger partial charge in [-0.2, -0.15) is 0 Å². The van der Waals surface area contributed by atoms with Crippen LogP contribution in [-0.4, -0.2) is 25.8 Å². The van der Waals surface area contributed by atoms with Gasteiger partial charge in [0.05, 0.1) is 5.52 Å². The summed E-state index contributed by atoms with van der Waals surface area (Å²) >= 11 is 0. The number of nitrogens with one attached hydrogen (secondary N) is 1. The van der Waals surface area contributed by atoms with Gasteiger partial charge in [0.1, 0.15) is 6.54 Å². The lowest BCUT2D eigenvalue weighted by molar-refractivity contribution is -0.116. The molecule has 0 aliphatic heterocycles. The number of benzene rings is 2. The number of aryl methyl sites for hydroxylation is 1. The lowest BCUT2D eigenvalue weighted by atomic mass is 10.1. The number of amides is 1. The molecule has 0 spiro atoms. The molecule has 0 saturated carbocycles. The summed E-state index contributed by atoms with van der Waals surface area (Å²) in [6.45, 7) is 1.34. The standard InChI is InChI=1S/C25H22N4O4/c1-17(30)19-9-11-20(12-10-19)27-22(31)16-29-21-8-5-14-26-23(21)24(32)28(25(29)33)15-13-18-6-3-2-4-7-18/h2-12,14H,13,15-16H2,1H3,(H,27,31). The zero-order valence-corrected chi connectivity index (χ0v) is 18.0. The van der Waals surface area contributed by atoms with Crippen LogP contribution in [-0.2, 0) is 24.3 Å². The molecule has 1 N–H and O–H groups in total. The summed E-state index contributed by atoms with van der Waals surface area (Å²) in [4.78, 5) is 54.5. The molecule has 8 nitrogen and oxygen atoms in total. The van der Waals surface area contributed by atoms with Gasteiger partial charge in [0.2, 0.25) is 5.91 Å². The summed E-state index contributed by atoms with van der Waals surface area (Å²) in [5.41, 5.74) is 1.39. The number of pyridine rings is 1. The van der Waals surface area contributed by atoms with E-state index in [1.165, 1.54) is 17.7 Å². The van der Waals surface area contributed by atoms with Gasteiger partial charge in [0.25, 0.3) is 5.56 Å². The second kappa shape index (κ2) is 9.44. The highest BCUT2D eigenvalue weighted by atomic mass is 16.2. The highest BCUT2D eigenvalue weighted by molar-refractivity contribution is 5.95. The molecule has 0 saturated heterocycles. The number of fused-ring (bicyclic) bond motifs is 1. The Morgan fingerprint density at radius 1 is 0.909 bits per heavy atom. The molecule has 2 aromatic carbocycles.